The Hall–Kier alpha value is -3.31. The number of sulfone groups is 1. The van der Waals surface area contributed by atoms with Gasteiger partial charge in [-0.1, -0.05) is 52.7 Å². The lowest BCUT2D eigenvalue weighted by atomic mass is 10.1. The first-order valence-electron chi connectivity index (χ1n) is 11.1. The third-order valence-corrected chi connectivity index (χ3v) is 8.28. The zero-order valence-corrected chi connectivity index (χ0v) is 21.5. The van der Waals surface area contributed by atoms with Gasteiger partial charge in [-0.3, -0.25) is 4.79 Å². The Kier molecular flexibility index (Phi) is 6.76. The molecule has 0 aliphatic carbocycles. The Balaban J connectivity index is 1.57. The summed E-state index contributed by atoms with van der Waals surface area (Å²) >= 11 is 11.9. The number of rotatable bonds is 5. The van der Waals surface area contributed by atoms with Gasteiger partial charge in [0.2, 0.25) is 5.91 Å². The number of carbonyl (C=O) groups is 1. The van der Waals surface area contributed by atoms with Crippen molar-refractivity contribution in [1.29, 1.82) is 0 Å². The summed E-state index contributed by atoms with van der Waals surface area (Å²) in [6.07, 6.45) is 1.97. The summed E-state index contributed by atoms with van der Waals surface area (Å²) in [5, 5.41) is 9.26. The van der Waals surface area contributed by atoms with Crippen molar-refractivity contribution < 1.29 is 17.6 Å². The summed E-state index contributed by atoms with van der Waals surface area (Å²) in [6, 6.07) is 14.8. The van der Waals surface area contributed by atoms with Crippen LogP contribution in [-0.2, 0) is 27.6 Å². The van der Waals surface area contributed by atoms with E-state index in [4.69, 9.17) is 28.9 Å². The molecule has 1 aromatic heterocycles. The highest BCUT2D eigenvalue weighted by molar-refractivity contribution is 7.91. The number of benzene rings is 3. The molecule has 5 rings (SSSR count). The molecule has 1 aliphatic rings. The zero-order valence-electron chi connectivity index (χ0n) is 19.2. The van der Waals surface area contributed by atoms with E-state index < -0.39 is 33.4 Å². The Bertz CT molecular complexity index is 1590. The van der Waals surface area contributed by atoms with Crippen LogP contribution in [0.5, 0.6) is 0 Å². The number of aromatic nitrogens is 3. The molecule has 1 aliphatic heterocycles. The quantitative estimate of drug-likeness (QED) is 0.396. The molecule has 0 saturated carbocycles. The van der Waals surface area contributed by atoms with Gasteiger partial charge < -0.3 is 10.6 Å². The van der Waals surface area contributed by atoms with E-state index in [2.05, 4.69) is 10.3 Å². The van der Waals surface area contributed by atoms with Crippen LogP contribution in [0.2, 0.25) is 10.0 Å². The lowest BCUT2D eigenvalue weighted by Gasteiger charge is -2.25. The molecule has 190 valence electrons. The second-order valence-corrected chi connectivity index (χ2v) is 11.5. The maximum absolute atomic E-state index is 15.3. The van der Waals surface area contributed by atoms with E-state index in [1.165, 1.54) is 15.6 Å². The number of hydrogen-bond acceptors (Lipinski definition) is 6. The first kappa shape index (κ1) is 25.3. The second kappa shape index (κ2) is 9.86. The predicted molar refractivity (Wildman–Crippen MR) is 138 cm³/mol. The van der Waals surface area contributed by atoms with Crippen molar-refractivity contribution in [3.63, 3.8) is 0 Å². The fraction of sp³-hybridized carbons (Fsp3) is 0.160. The van der Waals surface area contributed by atoms with E-state index in [9.17, 15) is 13.2 Å². The van der Waals surface area contributed by atoms with Gasteiger partial charge in [0.05, 0.1) is 40.8 Å². The Labute approximate surface area is 222 Å². The van der Waals surface area contributed by atoms with Gasteiger partial charge in [0, 0.05) is 16.5 Å². The summed E-state index contributed by atoms with van der Waals surface area (Å²) in [7, 11) is -4.06. The van der Waals surface area contributed by atoms with Crippen LogP contribution in [0.1, 0.15) is 16.8 Å². The van der Waals surface area contributed by atoms with Gasteiger partial charge >= 0.3 is 0 Å². The maximum Gasteiger partial charge on any atom is 0.245 e. The van der Waals surface area contributed by atoms with Gasteiger partial charge in [0.1, 0.15) is 11.5 Å². The van der Waals surface area contributed by atoms with Gasteiger partial charge in [-0.15, -0.1) is 5.10 Å². The molecule has 37 heavy (non-hydrogen) atoms. The summed E-state index contributed by atoms with van der Waals surface area (Å²) in [5.74, 6) is -2.07. The topological polar surface area (TPSA) is 111 Å². The molecule has 12 heteroatoms. The molecule has 0 unspecified atom stereocenters. The van der Waals surface area contributed by atoms with E-state index in [-0.39, 0.29) is 22.8 Å². The molecular formula is C25H20Cl2FN5O3S. The van der Waals surface area contributed by atoms with Crippen molar-refractivity contribution >= 4 is 44.6 Å². The Morgan fingerprint density at radius 3 is 2.24 bits per heavy atom. The van der Waals surface area contributed by atoms with Gasteiger partial charge in [0.25, 0.3) is 0 Å². The van der Waals surface area contributed by atoms with E-state index in [1.54, 1.807) is 42.6 Å². The fourth-order valence-corrected chi connectivity index (χ4v) is 5.95. The summed E-state index contributed by atoms with van der Waals surface area (Å²) in [5.41, 5.74) is 8.08. The SMILES string of the molecule is N[C@H]1CS(=O)(=O)c2cc(F)c(-n3cc(Cc4ccc(Cl)cc4)nn3)cc2N(Cc2ccc(Cl)cc2)C1=O. The molecule has 2 N–H and O–H groups in total. The van der Waals surface area contributed by atoms with Crippen LogP contribution in [0.3, 0.4) is 0 Å². The number of fused-ring (bicyclic) bond motifs is 1. The maximum atomic E-state index is 15.3. The molecule has 0 radical (unpaired) electrons. The van der Waals surface area contributed by atoms with Gasteiger partial charge in [0.15, 0.2) is 9.84 Å². The van der Waals surface area contributed by atoms with Crippen molar-refractivity contribution in [3.05, 3.63) is 99.5 Å². The molecule has 1 atom stereocenters. The van der Waals surface area contributed by atoms with Gasteiger partial charge in [-0.05, 0) is 47.5 Å². The number of halogens is 3. The Morgan fingerprint density at radius 1 is 0.973 bits per heavy atom. The molecule has 3 aromatic carbocycles. The molecule has 0 spiro atoms. The van der Waals surface area contributed by atoms with Crippen LogP contribution in [0.4, 0.5) is 10.1 Å². The fourth-order valence-electron chi connectivity index (χ4n) is 4.13. The second-order valence-electron chi connectivity index (χ2n) is 8.67. The molecule has 8 nitrogen and oxygen atoms in total. The highest BCUT2D eigenvalue weighted by atomic mass is 35.5. The third kappa shape index (κ3) is 5.24. The molecule has 0 fully saturated rings. The predicted octanol–water partition coefficient (Wildman–Crippen LogP) is 3.95. The number of carbonyl (C=O) groups excluding carboxylic acids is 1. The normalized spacial score (nSPS) is 16.9. The van der Waals surface area contributed by atoms with Gasteiger partial charge in [-0.25, -0.2) is 17.5 Å². The Morgan fingerprint density at radius 2 is 1.59 bits per heavy atom. The summed E-state index contributed by atoms with van der Waals surface area (Å²) in [6.45, 7) is 0.0104. The zero-order chi connectivity index (χ0) is 26.3. The molecular weight excluding hydrogens is 540 g/mol. The van der Waals surface area contributed by atoms with Crippen molar-refractivity contribution in [1.82, 2.24) is 15.0 Å². The lowest BCUT2D eigenvalue weighted by molar-refractivity contribution is -0.119. The molecule has 0 bridgehead atoms. The highest BCUT2D eigenvalue weighted by Gasteiger charge is 2.37. The summed E-state index contributed by atoms with van der Waals surface area (Å²) < 4.78 is 42.6. The molecule has 1 amide bonds. The van der Waals surface area contributed by atoms with Crippen molar-refractivity contribution in [3.8, 4) is 5.69 Å². The number of hydrogen-bond donors (Lipinski definition) is 1. The largest absolute Gasteiger partial charge is 0.319 e. The molecule has 0 saturated heterocycles. The smallest absolute Gasteiger partial charge is 0.245 e. The number of nitrogens with zero attached hydrogens (tertiary/aromatic N) is 4. The minimum Gasteiger partial charge on any atom is -0.319 e. The van der Waals surface area contributed by atoms with Crippen LogP contribution in [0, 0.1) is 5.82 Å². The monoisotopic (exact) mass is 559 g/mol. The van der Waals surface area contributed by atoms with Crippen LogP contribution >= 0.6 is 23.2 Å². The average Bonchev–Trinajstić information content (AvgIpc) is 3.30. The highest BCUT2D eigenvalue weighted by Crippen LogP contribution is 2.35. The third-order valence-electron chi connectivity index (χ3n) is 5.98. The van der Waals surface area contributed by atoms with Crippen LogP contribution in [0.15, 0.2) is 71.8 Å². The minimum atomic E-state index is -4.06. The van der Waals surface area contributed by atoms with Crippen LogP contribution in [-0.4, -0.2) is 41.1 Å². The van der Waals surface area contributed by atoms with Gasteiger partial charge in [-0.2, -0.15) is 0 Å². The molecule has 2 heterocycles. The van der Waals surface area contributed by atoms with Crippen molar-refractivity contribution in [2.24, 2.45) is 5.73 Å². The number of nitrogens with two attached hydrogens (primary N) is 1. The molecule has 4 aromatic rings. The van der Waals surface area contributed by atoms with E-state index >= 15 is 4.39 Å². The first-order chi connectivity index (χ1) is 17.6. The summed E-state index contributed by atoms with van der Waals surface area (Å²) in [4.78, 5) is 14.1. The van der Waals surface area contributed by atoms with Crippen LogP contribution < -0.4 is 10.6 Å². The number of anilines is 1. The van der Waals surface area contributed by atoms with Crippen molar-refractivity contribution in [2.75, 3.05) is 10.7 Å². The van der Waals surface area contributed by atoms with Crippen LogP contribution in [0.25, 0.3) is 5.69 Å². The van der Waals surface area contributed by atoms with E-state index in [1.807, 2.05) is 12.1 Å². The lowest BCUT2D eigenvalue weighted by Crippen LogP contribution is -2.45. The van der Waals surface area contributed by atoms with E-state index in [0.29, 0.717) is 27.7 Å². The van der Waals surface area contributed by atoms with Crippen molar-refractivity contribution in [2.45, 2.75) is 23.9 Å². The minimum absolute atomic E-state index is 0.0104. The average molecular weight is 560 g/mol. The first-order valence-corrected chi connectivity index (χ1v) is 13.6. The van der Waals surface area contributed by atoms with E-state index in [0.717, 1.165) is 11.6 Å². The number of amides is 1. The standard InChI is InChI=1S/C25H20Cl2FN5O3S/c26-17-5-1-15(2-6-17)9-19-13-33(31-30-19)22-11-23-24(10-20(22)28)37(35,36)14-21(29)25(34)32(23)12-16-3-7-18(27)8-4-16/h1-8,10-11,13,21H,9,12,14,29H2/t21-/m0/s1.